The van der Waals surface area contributed by atoms with E-state index in [-0.39, 0.29) is 0 Å². The Morgan fingerprint density at radius 2 is 1.78 bits per heavy atom. The topological polar surface area (TPSA) is 35.0 Å². The van der Waals surface area contributed by atoms with Crippen LogP contribution < -0.4 is 4.74 Å². The van der Waals surface area contributed by atoms with Gasteiger partial charge in [0.1, 0.15) is 5.75 Å². The Hall–Kier alpha value is -1.90. The van der Waals surface area contributed by atoms with E-state index in [1.54, 1.807) is 7.11 Å². The summed E-state index contributed by atoms with van der Waals surface area (Å²) in [4.78, 5) is 9.48. The predicted molar refractivity (Wildman–Crippen MR) is 95.4 cm³/mol. The van der Waals surface area contributed by atoms with Crippen LogP contribution in [0.15, 0.2) is 18.3 Å². The van der Waals surface area contributed by atoms with E-state index in [1.807, 2.05) is 13.1 Å². The molecule has 2 heterocycles. The van der Waals surface area contributed by atoms with Crippen molar-refractivity contribution in [1.29, 1.82) is 0 Å². The van der Waals surface area contributed by atoms with Crippen LogP contribution in [0.5, 0.6) is 5.75 Å². The van der Waals surface area contributed by atoms with E-state index in [1.165, 1.54) is 11.3 Å². The van der Waals surface area contributed by atoms with E-state index in [2.05, 4.69) is 51.7 Å². The SMILES string of the molecule is COc1c(C)cnc(C(C)Cc2cc(C)cc(C(C)C)n2)c1C. The molecule has 0 aromatic carbocycles. The maximum Gasteiger partial charge on any atom is 0.128 e. The molecule has 3 nitrogen and oxygen atoms in total. The first-order valence-corrected chi connectivity index (χ1v) is 8.31. The molecule has 0 radical (unpaired) electrons. The van der Waals surface area contributed by atoms with Crippen LogP contribution in [-0.4, -0.2) is 17.1 Å². The Labute approximate surface area is 140 Å². The van der Waals surface area contributed by atoms with Gasteiger partial charge in [-0.3, -0.25) is 9.97 Å². The van der Waals surface area contributed by atoms with Gasteiger partial charge in [0.15, 0.2) is 0 Å². The number of methoxy groups -OCH3 is 1. The lowest BCUT2D eigenvalue weighted by Crippen LogP contribution is -2.08. The number of aromatic nitrogens is 2. The van der Waals surface area contributed by atoms with Crippen LogP contribution in [0, 0.1) is 20.8 Å². The predicted octanol–water partition coefficient (Wildman–Crippen LogP) is 4.88. The Kier molecular flexibility index (Phi) is 5.40. The molecule has 0 aliphatic carbocycles. The van der Waals surface area contributed by atoms with E-state index < -0.39 is 0 Å². The first kappa shape index (κ1) is 17.5. The molecule has 0 amide bonds. The summed E-state index contributed by atoms with van der Waals surface area (Å²) >= 11 is 0. The molecule has 2 aromatic rings. The Balaban J connectivity index is 2.31. The van der Waals surface area contributed by atoms with E-state index in [0.717, 1.165) is 34.7 Å². The van der Waals surface area contributed by atoms with Gasteiger partial charge in [-0.15, -0.1) is 0 Å². The average molecular weight is 312 g/mol. The van der Waals surface area contributed by atoms with Gasteiger partial charge in [0.05, 0.1) is 12.8 Å². The maximum atomic E-state index is 5.53. The van der Waals surface area contributed by atoms with Gasteiger partial charge in [-0.1, -0.05) is 20.8 Å². The minimum atomic E-state index is 0.304. The first-order chi connectivity index (χ1) is 10.8. The van der Waals surface area contributed by atoms with Gasteiger partial charge in [0.2, 0.25) is 0 Å². The van der Waals surface area contributed by atoms with Crippen molar-refractivity contribution in [3.05, 3.63) is 52.1 Å². The van der Waals surface area contributed by atoms with Crippen molar-refractivity contribution < 1.29 is 4.74 Å². The molecule has 3 heteroatoms. The van der Waals surface area contributed by atoms with Gasteiger partial charge in [0.25, 0.3) is 0 Å². The number of rotatable bonds is 5. The lowest BCUT2D eigenvalue weighted by Gasteiger charge is -2.18. The number of pyridine rings is 2. The van der Waals surface area contributed by atoms with Crippen LogP contribution in [0.1, 0.15) is 66.4 Å². The quantitative estimate of drug-likeness (QED) is 0.789. The van der Waals surface area contributed by atoms with Crippen LogP contribution in [0.3, 0.4) is 0 Å². The summed E-state index contributed by atoms with van der Waals surface area (Å²) in [7, 11) is 1.72. The van der Waals surface area contributed by atoms with Gasteiger partial charge < -0.3 is 4.74 Å². The van der Waals surface area contributed by atoms with Crippen LogP contribution in [0.4, 0.5) is 0 Å². The molecule has 0 saturated heterocycles. The monoisotopic (exact) mass is 312 g/mol. The lowest BCUT2D eigenvalue weighted by atomic mass is 9.95. The van der Waals surface area contributed by atoms with E-state index in [4.69, 9.17) is 9.72 Å². The molecule has 23 heavy (non-hydrogen) atoms. The molecule has 0 aliphatic rings. The average Bonchev–Trinajstić information content (AvgIpc) is 2.46. The zero-order valence-corrected chi connectivity index (χ0v) is 15.4. The normalized spacial score (nSPS) is 12.5. The second-order valence-corrected chi connectivity index (χ2v) is 6.81. The van der Waals surface area contributed by atoms with E-state index in [9.17, 15) is 0 Å². The van der Waals surface area contributed by atoms with E-state index in [0.29, 0.717) is 11.8 Å². The van der Waals surface area contributed by atoms with Gasteiger partial charge in [-0.05, 0) is 50.8 Å². The molecule has 0 N–H and O–H groups in total. The standard InChI is InChI=1S/C20H28N2O/c1-12(2)18-9-13(3)8-17(22-18)10-14(4)19-16(6)20(23-7)15(5)11-21-19/h8-9,11-12,14H,10H2,1-7H3. The van der Waals surface area contributed by atoms with Crippen LogP contribution in [-0.2, 0) is 6.42 Å². The number of aryl methyl sites for hydroxylation is 2. The third-order valence-electron chi connectivity index (χ3n) is 4.30. The Morgan fingerprint density at radius 3 is 2.39 bits per heavy atom. The number of ether oxygens (including phenoxy) is 1. The highest BCUT2D eigenvalue weighted by Crippen LogP contribution is 2.30. The molecule has 2 rings (SSSR count). The third kappa shape index (κ3) is 3.90. The molecule has 0 bridgehead atoms. The summed E-state index contributed by atoms with van der Waals surface area (Å²) in [6.45, 7) is 12.8. The molecular formula is C20H28N2O. The molecular weight excluding hydrogens is 284 g/mol. The molecule has 2 aromatic heterocycles. The molecule has 0 fully saturated rings. The van der Waals surface area contributed by atoms with Crippen LogP contribution >= 0.6 is 0 Å². The minimum absolute atomic E-state index is 0.304. The number of hydrogen-bond donors (Lipinski definition) is 0. The Bertz CT molecular complexity index is 692. The summed E-state index contributed by atoms with van der Waals surface area (Å²) in [6.07, 6.45) is 2.79. The van der Waals surface area contributed by atoms with Crippen LogP contribution in [0.25, 0.3) is 0 Å². The fourth-order valence-electron chi connectivity index (χ4n) is 3.12. The molecule has 124 valence electrons. The first-order valence-electron chi connectivity index (χ1n) is 8.31. The highest BCUT2D eigenvalue weighted by molar-refractivity contribution is 5.42. The molecule has 0 spiro atoms. The largest absolute Gasteiger partial charge is 0.496 e. The van der Waals surface area contributed by atoms with Gasteiger partial charge in [-0.2, -0.15) is 0 Å². The molecule has 0 saturated carbocycles. The van der Waals surface area contributed by atoms with Crippen molar-refractivity contribution in [3.63, 3.8) is 0 Å². The summed E-state index contributed by atoms with van der Waals surface area (Å²) in [5, 5.41) is 0. The fourth-order valence-corrected chi connectivity index (χ4v) is 3.12. The zero-order valence-electron chi connectivity index (χ0n) is 15.4. The van der Waals surface area contributed by atoms with Gasteiger partial charge in [0, 0.05) is 34.6 Å². The summed E-state index contributed by atoms with van der Waals surface area (Å²) in [6, 6.07) is 4.36. The molecule has 1 atom stereocenters. The van der Waals surface area contributed by atoms with Crippen molar-refractivity contribution in [3.8, 4) is 5.75 Å². The van der Waals surface area contributed by atoms with E-state index >= 15 is 0 Å². The van der Waals surface area contributed by atoms with Gasteiger partial charge >= 0.3 is 0 Å². The Morgan fingerprint density at radius 1 is 1.09 bits per heavy atom. The van der Waals surface area contributed by atoms with Crippen molar-refractivity contribution >= 4 is 0 Å². The van der Waals surface area contributed by atoms with Crippen molar-refractivity contribution in [2.45, 2.75) is 59.8 Å². The smallest absolute Gasteiger partial charge is 0.128 e. The summed E-state index contributed by atoms with van der Waals surface area (Å²) < 4.78 is 5.53. The van der Waals surface area contributed by atoms with Crippen molar-refractivity contribution in [1.82, 2.24) is 9.97 Å². The lowest BCUT2D eigenvalue weighted by molar-refractivity contribution is 0.406. The summed E-state index contributed by atoms with van der Waals surface area (Å²) in [5.41, 5.74) is 6.90. The molecule has 0 aliphatic heterocycles. The zero-order chi connectivity index (χ0) is 17.1. The summed E-state index contributed by atoms with van der Waals surface area (Å²) in [5.74, 6) is 1.70. The number of hydrogen-bond acceptors (Lipinski definition) is 3. The second kappa shape index (κ2) is 7.12. The van der Waals surface area contributed by atoms with Crippen molar-refractivity contribution in [2.24, 2.45) is 0 Å². The third-order valence-corrected chi connectivity index (χ3v) is 4.30. The minimum Gasteiger partial charge on any atom is -0.496 e. The molecule has 1 unspecified atom stereocenters. The number of nitrogens with zero attached hydrogens (tertiary/aromatic N) is 2. The van der Waals surface area contributed by atoms with Crippen LogP contribution in [0.2, 0.25) is 0 Å². The highest BCUT2D eigenvalue weighted by atomic mass is 16.5. The fraction of sp³-hybridized carbons (Fsp3) is 0.500. The van der Waals surface area contributed by atoms with Crippen molar-refractivity contribution in [2.75, 3.05) is 7.11 Å². The highest BCUT2D eigenvalue weighted by Gasteiger charge is 2.17. The maximum absolute atomic E-state index is 5.53. The second-order valence-electron chi connectivity index (χ2n) is 6.81. The van der Waals surface area contributed by atoms with Gasteiger partial charge in [-0.25, -0.2) is 0 Å².